The number of rotatable bonds is 7. The molecule has 4 aromatic carbocycles. The van der Waals surface area contributed by atoms with Crippen molar-refractivity contribution in [3.05, 3.63) is 113 Å². The largest absolute Gasteiger partial charge is 0.455 e. The molecule has 0 fully saturated rings. The van der Waals surface area contributed by atoms with Crippen molar-refractivity contribution in [2.24, 2.45) is 0 Å². The number of amides is 1. The van der Waals surface area contributed by atoms with Crippen molar-refractivity contribution in [2.45, 2.75) is 11.8 Å². The van der Waals surface area contributed by atoms with Gasteiger partial charge in [-0.3, -0.25) is 9.52 Å². The summed E-state index contributed by atoms with van der Waals surface area (Å²) in [5, 5.41) is 2.90. The molecule has 0 unspecified atom stereocenters. The average Bonchev–Trinajstić information content (AvgIpc) is 2.81. The highest BCUT2D eigenvalue weighted by atomic mass is 35.5. The Hall–Kier alpha value is -3.81. The molecule has 0 radical (unpaired) electrons. The van der Waals surface area contributed by atoms with Gasteiger partial charge < -0.3 is 10.1 Å². The van der Waals surface area contributed by atoms with Gasteiger partial charge in [-0.25, -0.2) is 8.42 Å². The molecular formula is C26H21ClN2O4S. The van der Waals surface area contributed by atoms with E-state index >= 15 is 0 Å². The van der Waals surface area contributed by atoms with E-state index in [0.29, 0.717) is 17.2 Å². The second kappa shape index (κ2) is 9.99. The van der Waals surface area contributed by atoms with E-state index in [4.69, 9.17) is 16.3 Å². The van der Waals surface area contributed by atoms with Gasteiger partial charge in [0, 0.05) is 0 Å². The summed E-state index contributed by atoms with van der Waals surface area (Å²) in [6.45, 7) is 1.87. The van der Waals surface area contributed by atoms with E-state index in [9.17, 15) is 13.2 Å². The Labute approximate surface area is 203 Å². The zero-order valence-corrected chi connectivity index (χ0v) is 19.7. The van der Waals surface area contributed by atoms with E-state index in [1.54, 1.807) is 36.4 Å². The quantitative estimate of drug-likeness (QED) is 0.308. The number of benzene rings is 4. The van der Waals surface area contributed by atoms with Crippen LogP contribution in [0.4, 0.5) is 11.4 Å². The highest BCUT2D eigenvalue weighted by Crippen LogP contribution is 2.30. The first kappa shape index (κ1) is 23.4. The van der Waals surface area contributed by atoms with E-state index in [1.165, 1.54) is 30.3 Å². The molecule has 0 aromatic heterocycles. The Morgan fingerprint density at radius 3 is 2.24 bits per heavy atom. The van der Waals surface area contributed by atoms with Crippen LogP contribution in [0.2, 0.25) is 5.02 Å². The first-order chi connectivity index (χ1) is 16.3. The Balaban J connectivity index is 1.51. The number of sulfonamides is 1. The van der Waals surface area contributed by atoms with E-state index in [2.05, 4.69) is 10.0 Å². The number of hydrogen-bond acceptors (Lipinski definition) is 4. The molecule has 2 N–H and O–H groups in total. The molecule has 0 spiro atoms. The minimum Gasteiger partial charge on any atom is -0.455 e. The fraction of sp³-hybridized carbons (Fsp3) is 0.0385. The van der Waals surface area contributed by atoms with Gasteiger partial charge in [-0.2, -0.15) is 0 Å². The molecule has 172 valence electrons. The first-order valence-electron chi connectivity index (χ1n) is 10.3. The number of carbonyl (C=O) groups excluding carboxylic acids is 1. The van der Waals surface area contributed by atoms with Crippen LogP contribution in [0, 0.1) is 6.92 Å². The summed E-state index contributed by atoms with van der Waals surface area (Å²) in [7, 11) is -3.79. The lowest BCUT2D eigenvalue weighted by Crippen LogP contribution is -2.15. The van der Waals surface area contributed by atoms with Crippen LogP contribution in [0.5, 0.6) is 11.5 Å². The summed E-state index contributed by atoms with van der Waals surface area (Å²) in [6, 6.07) is 27.1. The van der Waals surface area contributed by atoms with Crippen LogP contribution in [0.3, 0.4) is 0 Å². The topological polar surface area (TPSA) is 84.5 Å². The summed E-state index contributed by atoms with van der Waals surface area (Å²) in [5.74, 6) is 0.648. The van der Waals surface area contributed by atoms with Crippen molar-refractivity contribution in [3.63, 3.8) is 0 Å². The van der Waals surface area contributed by atoms with Gasteiger partial charge in [-0.1, -0.05) is 59.6 Å². The summed E-state index contributed by atoms with van der Waals surface area (Å²) in [6.07, 6.45) is 0. The molecule has 6 nitrogen and oxygen atoms in total. The Morgan fingerprint density at radius 1 is 0.853 bits per heavy atom. The first-order valence-corrected chi connectivity index (χ1v) is 12.2. The molecule has 4 rings (SSSR count). The molecule has 4 aromatic rings. The molecule has 0 saturated heterocycles. The van der Waals surface area contributed by atoms with Crippen molar-refractivity contribution in [2.75, 3.05) is 10.0 Å². The maximum atomic E-state index is 12.9. The Kier molecular flexibility index (Phi) is 6.86. The zero-order valence-electron chi connectivity index (χ0n) is 18.2. The summed E-state index contributed by atoms with van der Waals surface area (Å²) >= 11 is 6.33. The normalized spacial score (nSPS) is 11.0. The van der Waals surface area contributed by atoms with Gasteiger partial charge in [0.2, 0.25) is 0 Å². The molecular weight excluding hydrogens is 472 g/mol. The van der Waals surface area contributed by atoms with Crippen LogP contribution in [-0.2, 0) is 10.0 Å². The monoisotopic (exact) mass is 492 g/mol. The lowest BCUT2D eigenvalue weighted by Gasteiger charge is -2.13. The van der Waals surface area contributed by atoms with Gasteiger partial charge in [0.25, 0.3) is 15.9 Å². The molecule has 34 heavy (non-hydrogen) atoms. The van der Waals surface area contributed by atoms with Crippen molar-refractivity contribution in [1.82, 2.24) is 0 Å². The molecule has 0 bridgehead atoms. The third kappa shape index (κ3) is 5.57. The number of anilines is 2. The van der Waals surface area contributed by atoms with Crippen LogP contribution in [0.1, 0.15) is 15.9 Å². The zero-order chi connectivity index (χ0) is 24.1. The maximum absolute atomic E-state index is 12.9. The lowest BCUT2D eigenvalue weighted by molar-refractivity contribution is 0.102. The number of hydrogen-bond donors (Lipinski definition) is 2. The van der Waals surface area contributed by atoms with Gasteiger partial charge in [0.1, 0.15) is 5.75 Å². The number of nitrogens with one attached hydrogen (secondary N) is 2. The molecule has 0 heterocycles. The van der Waals surface area contributed by atoms with Gasteiger partial charge in [0.05, 0.1) is 26.9 Å². The van der Waals surface area contributed by atoms with E-state index in [0.717, 1.165) is 5.56 Å². The summed E-state index contributed by atoms with van der Waals surface area (Å²) in [5.41, 5.74) is 1.86. The van der Waals surface area contributed by atoms with Crippen LogP contribution in [-0.4, -0.2) is 14.3 Å². The molecule has 1 amide bonds. The molecule has 8 heteroatoms. The number of para-hydroxylation sites is 3. The van der Waals surface area contributed by atoms with Gasteiger partial charge in [0.15, 0.2) is 5.75 Å². The standard InChI is InChI=1S/C26H21ClN2O4S/c1-18-11-14-21(15-12-18)34(31,32)29-19-13-16-22(23(27)17-19)26(30)28-24-9-5-6-10-25(24)33-20-7-3-2-4-8-20/h2-17,29H,1H3,(H,28,30). The Morgan fingerprint density at radius 2 is 1.53 bits per heavy atom. The predicted octanol–water partition coefficient (Wildman–Crippen LogP) is 6.49. The number of ether oxygens (including phenoxy) is 1. The van der Waals surface area contributed by atoms with E-state index in [1.807, 2.05) is 37.3 Å². The average molecular weight is 493 g/mol. The van der Waals surface area contributed by atoms with Crippen molar-refractivity contribution < 1.29 is 17.9 Å². The minimum atomic E-state index is -3.79. The number of halogens is 1. The third-order valence-electron chi connectivity index (χ3n) is 4.90. The fourth-order valence-corrected chi connectivity index (χ4v) is 4.47. The van der Waals surface area contributed by atoms with Crippen molar-refractivity contribution in [1.29, 1.82) is 0 Å². The Bertz CT molecular complexity index is 1420. The van der Waals surface area contributed by atoms with Crippen LogP contribution in [0.25, 0.3) is 0 Å². The van der Waals surface area contributed by atoms with E-state index in [-0.39, 0.29) is 21.2 Å². The molecule has 0 aliphatic rings. The predicted molar refractivity (Wildman–Crippen MR) is 134 cm³/mol. The second-order valence-electron chi connectivity index (χ2n) is 7.48. The SMILES string of the molecule is Cc1ccc(S(=O)(=O)Nc2ccc(C(=O)Nc3ccccc3Oc3ccccc3)c(Cl)c2)cc1. The molecule has 0 saturated carbocycles. The van der Waals surface area contributed by atoms with Gasteiger partial charge in [-0.05, 0) is 61.5 Å². The molecule has 0 atom stereocenters. The van der Waals surface area contributed by atoms with Crippen molar-refractivity contribution in [3.8, 4) is 11.5 Å². The number of carbonyl (C=O) groups is 1. The van der Waals surface area contributed by atoms with Crippen molar-refractivity contribution >= 4 is 38.9 Å². The maximum Gasteiger partial charge on any atom is 0.261 e. The molecule has 0 aliphatic carbocycles. The van der Waals surface area contributed by atoms with Gasteiger partial charge >= 0.3 is 0 Å². The minimum absolute atomic E-state index is 0.100. The lowest BCUT2D eigenvalue weighted by atomic mass is 10.2. The molecule has 0 aliphatic heterocycles. The highest BCUT2D eigenvalue weighted by molar-refractivity contribution is 7.92. The smallest absolute Gasteiger partial charge is 0.261 e. The van der Waals surface area contributed by atoms with Crippen LogP contribution >= 0.6 is 11.6 Å². The summed E-state index contributed by atoms with van der Waals surface area (Å²) in [4.78, 5) is 13.0. The summed E-state index contributed by atoms with van der Waals surface area (Å²) < 4.78 is 33.6. The number of aryl methyl sites for hydroxylation is 1. The van der Waals surface area contributed by atoms with Gasteiger partial charge in [-0.15, -0.1) is 0 Å². The third-order valence-corrected chi connectivity index (χ3v) is 6.61. The second-order valence-corrected chi connectivity index (χ2v) is 9.57. The van der Waals surface area contributed by atoms with E-state index < -0.39 is 15.9 Å². The van der Waals surface area contributed by atoms with Crippen LogP contribution in [0.15, 0.2) is 102 Å². The van der Waals surface area contributed by atoms with Crippen LogP contribution < -0.4 is 14.8 Å². The highest BCUT2D eigenvalue weighted by Gasteiger charge is 2.17. The fourth-order valence-electron chi connectivity index (χ4n) is 3.16.